The molecule has 1 N–H and O–H groups in total. The molecule has 0 heterocycles. The number of para-hydroxylation sites is 1. The van der Waals surface area contributed by atoms with E-state index < -0.39 is 12.1 Å². The number of carbonyl (C=O) groups is 2. The largest absolute Gasteiger partial charge is 0.449 e. The third-order valence-electron chi connectivity index (χ3n) is 4.14. The van der Waals surface area contributed by atoms with Crippen LogP contribution < -0.4 is 5.32 Å². The quantitative estimate of drug-likeness (QED) is 0.493. The minimum atomic E-state index is -0.920. The molecular formula is C24H21NO3. The maximum absolute atomic E-state index is 12.5. The van der Waals surface area contributed by atoms with Crippen molar-refractivity contribution < 1.29 is 14.3 Å². The topological polar surface area (TPSA) is 55.4 Å². The van der Waals surface area contributed by atoms with E-state index in [1.807, 2.05) is 84.9 Å². The summed E-state index contributed by atoms with van der Waals surface area (Å²) in [6.45, 7) is 1.55. The van der Waals surface area contributed by atoms with E-state index in [2.05, 4.69) is 5.32 Å². The lowest BCUT2D eigenvalue weighted by Crippen LogP contribution is -2.29. The number of hydrogen-bond donors (Lipinski definition) is 1. The molecule has 0 unspecified atom stereocenters. The molecule has 0 saturated heterocycles. The van der Waals surface area contributed by atoms with E-state index in [1.54, 1.807) is 13.0 Å². The number of rotatable bonds is 6. The van der Waals surface area contributed by atoms with E-state index in [0.717, 1.165) is 16.7 Å². The summed E-state index contributed by atoms with van der Waals surface area (Å²) in [5.74, 6) is -0.951. The fraction of sp³-hybridized carbons (Fsp3) is 0.0833. The maximum Gasteiger partial charge on any atom is 0.331 e. The number of benzene rings is 3. The molecule has 0 bridgehead atoms. The second kappa shape index (κ2) is 9.33. The van der Waals surface area contributed by atoms with Gasteiger partial charge < -0.3 is 10.1 Å². The number of anilines is 1. The number of esters is 1. The van der Waals surface area contributed by atoms with Crippen molar-refractivity contribution in [3.8, 4) is 11.1 Å². The summed E-state index contributed by atoms with van der Waals surface area (Å²) in [4.78, 5) is 24.5. The van der Waals surface area contributed by atoms with Crippen molar-refractivity contribution in [1.29, 1.82) is 0 Å². The van der Waals surface area contributed by atoms with Gasteiger partial charge in [0.05, 0.1) is 0 Å². The van der Waals surface area contributed by atoms with E-state index in [-0.39, 0.29) is 5.91 Å². The summed E-state index contributed by atoms with van der Waals surface area (Å²) in [7, 11) is 0. The first-order chi connectivity index (χ1) is 13.6. The molecular weight excluding hydrogens is 350 g/mol. The summed E-state index contributed by atoms with van der Waals surface area (Å²) in [6, 6.07) is 26.7. The van der Waals surface area contributed by atoms with Crippen LogP contribution in [-0.4, -0.2) is 18.0 Å². The van der Waals surface area contributed by atoms with Gasteiger partial charge in [0.1, 0.15) is 0 Å². The Balaban J connectivity index is 1.63. The van der Waals surface area contributed by atoms with Gasteiger partial charge in [-0.05, 0) is 30.2 Å². The zero-order chi connectivity index (χ0) is 19.8. The van der Waals surface area contributed by atoms with Crippen LogP contribution in [0.15, 0.2) is 91.0 Å². The van der Waals surface area contributed by atoms with Crippen LogP contribution >= 0.6 is 0 Å². The van der Waals surface area contributed by atoms with Gasteiger partial charge in [-0.1, -0.05) is 78.9 Å². The minimum absolute atomic E-state index is 0.384. The number of carbonyl (C=O) groups excluding carboxylic acids is 2. The van der Waals surface area contributed by atoms with Gasteiger partial charge in [0.15, 0.2) is 6.10 Å². The van der Waals surface area contributed by atoms with Gasteiger partial charge in [-0.3, -0.25) is 4.79 Å². The highest BCUT2D eigenvalue weighted by atomic mass is 16.5. The Hall–Kier alpha value is -3.66. The second-order valence-corrected chi connectivity index (χ2v) is 6.22. The summed E-state index contributed by atoms with van der Waals surface area (Å²) in [5, 5.41) is 2.85. The normalized spacial score (nSPS) is 11.8. The summed E-state index contributed by atoms with van der Waals surface area (Å²) < 4.78 is 5.21. The zero-order valence-electron chi connectivity index (χ0n) is 15.5. The van der Waals surface area contributed by atoms with Crippen LogP contribution in [0.25, 0.3) is 17.2 Å². The van der Waals surface area contributed by atoms with Crippen LogP contribution in [0.5, 0.6) is 0 Å². The highest BCUT2D eigenvalue weighted by molar-refractivity contribution is 5.99. The first kappa shape index (κ1) is 19.1. The van der Waals surface area contributed by atoms with Crippen LogP contribution in [0.4, 0.5) is 5.69 Å². The molecule has 0 aromatic heterocycles. The summed E-state index contributed by atoms with van der Waals surface area (Å²) >= 11 is 0. The molecule has 0 aliphatic rings. The molecule has 3 rings (SSSR count). The highest BCUT2D eigenvalue weighted by Gasteiger charge is 2.18. The Bertz CT molecular complexity index is 965. The fourth-order valence-corrected chi connectivity index (χ4v) is 2.69. The van der Waals surface area contributed by atoms with Crippen molar-refractivity contribution in [2.45, 2.75) is 13.0 Å². The van der Waals surface area contributed by atoms with Gasteiger partial charge in [0.25, 0.3) is 5.91 Å². The maximum atomic E-state index is 12.5. The molecule has 1 amide bonds. The van der Waals surface area contributed by atoms with Gasteiger partial charge in [-0.25, -0.2) is 4.79 Å². The Kier molecular flexibility index (Phi) is 6.37. The number of nitrogens with one attached hydrogen (secondary N) is 1. The van der Waals surface area contributed by atoms with E-state index in [0.29, 0.717) is 5.69 Å². The Morgan fingerprint density at radius 1 is 0.857 bits per heavy atom. The predicted molar refractivity (Wildman–Crippen MR) is 112 cm³/mol. The molecule has 0 aliphatic carbocycles. The molecule has 140 valence electrons. The molecule has 4 heteroatoms. The van der Waals surface area contributed by atoms with Crippen LogP contribution in [0.1, 0.15) is 12.5 Å². The smallest absolute Gasteiger partial charge is 0.331 e. The highest BCUT2D eigenvalue weighted by Crippen LogP contribution is 2.27. The molecule has 0 saturated carbocycles. The first-order valence-corrected chi connectivity index (χ1v) is 9.02. The van der Waals surface area contributed by atoms with Gasteiger partial charge in [0, 0.05) is 17.3 Å². The van der Waals surface area contributed by atoms with E-state index in [9.17, 15) is 9.59 Å². The lowest BCUT2D eigenvalue weighted by Gasteiger charge is -2.15. The number of ether oxygens (including phenoxy) is 1. The van der Waals surface area contributed by atoms with Crippen molar-refractivity contribution in [2.24, 2.45) is 0 Å². The minimum Gasteiger partial charge on any atom is -0.449 e. The van der Waals surface area contributed by atoms with Gasteiger partial charge in [0.2, 0.25) is 0 Å². The summed E-state index contributed by atoms with van der Waals surface area (Å²) in [6.07, 6.45) is 2.05. The molecule has 3 aromatic carbocycles. The van der Waals surface area contributed by atoms with E-state index in [1.165, 1.54) is 6.08 Å². The SMILES string of the molecule is C[C@@H](OC(=O)/C=C/c1ccccc1)C(=O)Nc1ccccc1-c1ccccc1. The molecule has 0 radical (unpaired) electrons. The standard InChI is InChI=1S/C24H21NO3/c1-18(28-23(26)17-16-19-10-4-2-5-11-19)24(27)25-22-15-9-8-14-21(22)20-12-6-3-7-13-20/h2-18H,1H3,(H,25,27)/b17-16+/t18-/m1/s1. The molecule has 0 aliphatic heterocycles. The monoisotopic (exact) mass is 371 g/mol. The Morgan fingerprint density at radius 2 is 1.46 bits per heavy atom. The average Bonchev–Trinajstić information content (AvgIpc) is 2.74. The molecule has 0 spiro atoms. The van der Waals surface area contributed by atoms with Crippen LogP contribution in [0.3, 0.4) is 0 Å². The molecule has 0 fully saturated rings. The molecule has 3 aromatic rings. The fourth-order valence-electron chi connectivity index (χ4n) is 2.69. The molecule has 1 atom stereocenters. The number of amides is 1. The Labute approximate surface area is 164 Å². The van der Waals surface area contributed by atoms with Gasteiger partial charge >= 0.3 is 5.97 Å². The van der Waals surface area contributed by atoms with E-state index in [4.69, 9.17) is 4.74 Å². The first-order valence-electron chi connectivity index (χ1n) is 9.02. The third kappa shape index (κ3) is 5.17. The van der Waals surface area contributed by atoms with Gasteiger partial charge in [-0.15, -0.1) is 0 Å². The number of hydrogen-bond acceptors (Lipinski definition) is 3. The van der Waals surface area contributed by atoms with Crippen molar-refractivity contribution in [3.63, 3.8) is 0 Å². The average molecular weight is 371 g/mol. The Morgan fingerprint density at radius 3 is 2.18 bits per heavy atom. The second-order valence-electron chi connectivity index (χ2n) is 6.22. The lowest BCUT2D eigenvalue weighted by atomic mass is 10.0. The third-order valence-corrected chi connectivity index (χ3v) is 4.14. The predicted octanol–water partition coefficient (Wildman–Crippen LogP) is 4.94. The van der Waals surface area contributed by atoms with Crippen LogP contribution in [0, 0.1) is 0 Å². The van der Waals surface area contributed by atoms with Crippen molar-refractivity contribution in [3.05, 3.63) is 96.6 Å². The van der Waals surface area contributed by atoms with Crippen molar-refractivity contribution >= 4 is 23.6 Å². The van der Waals surface area contributed by atoms with Crippen LogP contribution in [0.2, 0.25) is 0 Å². The zero-order valence-corrected chi connectivity index (χ0v) is 15.5. The van der Waals surface area contributed by atoms with Crippen molar-refractivity contribution in [1.82, 2.24) is 0 Å². The molecule has 4 nitrogen and oxygen atoms in total. The van der Waals surface area contributed by atoms with Crippen molar-refractivity contribution in [2.75, 3.05) is 5.32 Å². The van der Waals surface area contributed by atoms with Gasteiger partial charge in [-0.2, -0.15) is 0 Å². The van der Waals surface area contributed by atoms with Crippen LogP contribution in [-0.2, 0) is 14.3 Å². The molecule has 28 heavy (non-hydrogen) atoms. The summed E-state index contributed by atoms with van der Waals surface area (Å²) in [5.41, 5.74) is 3.45. The lowest BCUT2D eigenvalue weighted by molar-refractivity contribution is -0.148. The van der Waals surface area contributed by atoms with E-state index >= 15 is 0 Å².